The molecule has 4 nitrogen and oxygen atoms in total. The zero-order chi connectivity index (χ0) is 13.4. The third kappa shape index (κ3) is 2.28. The van der Waals surface area contributed by atoms with Crippen LogP contribution in [0.3, 0.4) is 0 Å². The van der Waals surface area contributed by atoms with Crippen molar-refractivity contribution in [2.45, 2.75) is 40.5 Å². The monoisotopic (exact) mass is 249 g/mol. The van der Waals surface area contributed by atoms with Crippen LogP contribution in [0.5, 0.6) is 0 Å². The predicted octanol–water partition coefficient (Wildman–Crippen LogP) is 2.14. The Morgan fingerprint density at radius 1 is 1.39 bits per heavy atom. The summed E-state index contributed by atoms with van der Waals surface area (Å²) in [5.41, 5.74) is 1.76. The van der Waals surface area contributed by atoms with E-state index in [-0.39, 0.29) is 5.91 Å². The summed E-state index contributed by atoms with van der Waals surface area (Å²) in [5.74, 6) is 0.720. The van der Waals surface area contributed by atoms with Gasteiger partial charge in [0, 0.05) is 19.2 Å². The maximum atomic E-state index is 11.8. The number of rotatable bonds is 5. The van der Waals surface area contributed by atoms with Crippen molar-refractivity contribution in [1.82, 2.24) is 15.5 Å². The van der Waals surface area contributed by atoms with Gasteiger partial charge in [0.05, 0.1) is 6.20 Å². The van der Waals surface area contributed by atoms with E-state index in [1.807, 2.05) is 6.20 Å². The normalized spacial score (nSPS) is 20.7. The van der Waals surface area contributed by atoms with Gasteiger partial charge in [-0.3, -0.25) is 9.89 Å². The number of aryl methyl sites for hydroxylation is 1. The van der Waals surface area contributed by atoms with Crippen molar-refractivity contribution in [3.8, 4) is 0 Å². The van der Waals surface area contributed by atoms with E-state index in [0.29, 0.717) is 23.2 Å². The molecule has 1 amide bonds. The minimum absolute atomic E-state index is 0.134. The van der Waals surface area contributed by atoms with Gasteiger partial charge in [-0.2, -0.15) is 5.10 Å². The van der Waals surface area contributed by atoms with Crippen LogP contribution in [0.1, 0.15) is 39.7 Å². The largest absolute Gasteiger partial charge is 0.356 e. The van der Waals surface area contributed by atoms with Crippen LogP contribution in [0, 0.1) is 16.7 Å². The van der Waals surface area contributed by atoms with Crippen LogP contribution in [0.4, 0.5) is 0 Å². The first kappa shape index (κ1) is 13.1. The molecule has 1 aromatic rings. The second-order valence-electron chi connectivity index (χ2n) is 6.41. The standard InChI is InChI=1S/C14H23N3O/c1-13(2)11(14(13,3)4)9-15-12(18)6-5-10-7-16-17-8-10/h7-8,11H,5-6,9H2,1-4H3,(H,15,18)(H,16,17). The Kier molecular flexibility index (Phi) is 3.21. The van der Waals surface area contributed by atoms with Crippen molar-refractivity contribution in [1.29, 1.82) is 0 Å². The van der Waals surface area contributed by atoms with E-state index in [1.54, 1.807) is 6.20 Å². The van der Waals surface area contributed by atoms with Crippen LogP contribution in [-0.2, 0) is 11.2 Å². The fraction of sp³-hybridized carbons (Fsp3) is 0.714. The molecule has 1 aliphatic rings. The Hall–Kier alpha value is -1.32. The van der Waals surface area contributed by atoms with Gasteiger partial charge in [-0.25, -0.2) is 0 Å². The lowest BCUT2D eigenvalue weighted by Gasteiger charge is -2.05. The number of hydrogen-bond donors (Lipinski definition) is 2. The number of aromatic amines is 1. The van der Waals surface area contributed by atoms with Gasteiger partial charge in [0.1, 0.15) is 0 Å². The lowest BCUT2D eigenvalue weighted by atomic mass is 10.0. The summed E-state index contributed by atoms with van der Waals surface area (Å²) in [4.78, 5) is 11.8. The maximum Gasteiger partial charge on any atom is 0.220 e. The first-order valence-corrected chi connectivity index (χ1v) is 6.60. The maximum absolute atomic E-state index is 11.8. The minimum Gasteiger partial charge on any atom is -0.356 e. The van der Waals surface area contributed by atoms with E-state index in [2.05, 4.69) is 43.2 Å². The van der Waals surface area contributed by atoms with E-state index >= 15 is 0 Å². The molecule has 0 radical (unpaired) electrons. The van der Waals surface area contributed by atoms with Crippen molar-refractivity contribution in [2.75, 3.05) is 6.54 Å². The van der Waals surface area contributed by atoms with E-state index in [9.17, 15) is 4.79 Å². The number of nitrogens with one attached hydrogen (secondary N) is 2. The minimum atomic E-state index is 0.134. The Bertz CT molecular complexity index is 406. The zero-order valence-corrected chi connectivity index (χ0v) is 11.7. The summed E-state index contributed by atoms with van der Waals surface area (Å²) >= 11 is 0. The van der Waals surface area contributed by atoms with E-state index in [0.717, 1.165) is 18.5 Å². The third-order valence-corrected chi connectivity index (χ3v) is 5.02. The van der Waals surface area contributed by atoms with Gasteiger partial charge in [0.25, 0.3) is 0 Å². The number of carbonyl (C=O) groups is 1. The SMILES string of the molecule is CC1(C)C(CNC(=O)CCc2cn[nH]c2)C1(C)C. The smallest absolute Gasteiger partial charge is 0.220 e. The summed E-state index contributed by atoms with van der Waals surface area (Å²) < 4.78 is 0. The Morgan fingerprint density at radius 3 is 2.56 bits per heavy atom. The number of hydrogen-bond acceptors (Lipinski definition) is 2. The molecule has 0 aliphatic heterocycles. The summed E-state index contributed by atoms with van der Waals surface area (Å²) in [6, 6.07) is 0. The molecule has 0 spiro atoms. The number of H-pyrrole nitrogens is 1. The molecule has 0 unspecified atom stereocenters. The molecule has 0 atom stereocenters. The molecule has 1 heterocycles. The first-order chi connectivity index (χ1) is 8.35. The van der Waals surface area contributed by atoms with Gasteiger partial charge in [-0.05, 0) is 28.7 Å². The average Bonchev–Trinajstić information content (AvgIpc) is 2.71. The van der Waals surface area contributed by atoms with Crippen LogP contribution < -0.4 is 5.32 Å². The molecule has 1 aliphatic carbocycles. The average molecular weight is 249 g/mol. The molecule has 0 aromatic carbocycles. The first-order valence-electron chi connectivity index (χ1n) is 6.60. The van der Waals surface area contributed by atoms with Crippen molar-refractivity contribution in [2.24, 2.45) is 16.7 Å². The summed E-state index contributed by atoms with van der Waals surface area (Å²) in [6.07, 6.45) is 4.88. The van der Waals surface area contributed by atoms with Gasteiger partial charge >= 0.3 is 0 Å². The van der Waals surface area contributed by atoms with Crippen molar-refractivity contribution < 1.29 is 4.79 Å². The molecule has 0 bridgehead atoms. The fourth-order valence-corrected chi connectivity index (χ4v) is 2.82. The molecular formula is C14H23N3O. The highest BCUT2D eigenvalue weighted by molar-refractivity contribution is 5.76. The molecule has 1 fully saturated rings. The van der Waals surface area contributed by atoms with E-state index < -0.39 is 0 Å². The van der Waals surface area contributed by atoms with Gasteiger partial charge in [0.15, 0.2) is 0 Å². The Labute approximate surface area is 109 Å². The van der Waals surface area contributed by atoms with Crippen LogP contribution in [0.15, 0.2) is 12.4 Å². The van der Waals surface area contributed by atoms with Gasteiger partial charge in [-0.1, -0.05) is 27.7 Å². The second kappa shape index (κ2) is 4.41. The van der Waals surface area contributed by atoms with Gasteiger partial charge < -0.3 is 5.32 Å². The number of amides is 1. The molecule has 2 rings (SSSR count). The second-order valence-corrected chi connectivity index (χ2v) is 6.41. The molecule has 2 N–H and O–H groups in total. The molecule has 18 heavy (non-hydrogen) atoms. The summed E-state index contributed by atoms with van der Waals surface area (Å²) in [5, 5.41) is 9.67. The highest BCUT2D eigenvalue weighted by atomic mass is 16.1. The van der Waals surface area contributed by atoms with Crippen LogP contribution in [-0.4, -0.2) is 22.6 Å². The van der Waals surface area contributed by atoms with Crippen molar-refractivity contribution in [3.05, 3.63) is 18.0 Å². The van der Waals surface area contributed by atoms with Crippen LogP contribution in [0.2, 0.25) is 0 Å². The summed E-state index contributed by atoms with van der Waals surface area (Å²) in [7, 11) is 0. The molecular weight excluding hydrogens is 226 g/mol. The molecule has 1 saturated carbocycles. The lowest BCUT2D eigenvalue weighted by molar-refractivity contribution is -0.121. The predicted molar refractivity (Wildman–Crippen MR) is 71.0 cm³/mol. The zero-order valence-electron chi connectivity index (χ0n) is 11.7. The molecule has 1 aromatic heterocycles. The van der Waals surface area contributed by atoms with E-state index in [4.69, 9.17) is 0 Å². The fourth-order valence-electron chi connectivity index (χ4n) is 2.82. The topological polar surface area (TPSA) is 57.8 Å². The molecule has 100 valence electrons. The number of nitrogens with zero attached hydrogens (tertiary/aromatic N) is 1. The number of aromatic nitrogens is 2. The van der Waals surface area contributed by atoms with E-state index in [1.165, 1.54) is 0 Å². The van der Waals surface area contributed by atoms with Gasteiger partial charge in [-0.15, -0.1) is 0 Å². The van der Waals surface area contributed by atoms with Crippen LogP contribution >= 0.6 is 0 Å². The summed E-state index contributed by atoms with van der Waals surface area (Å²) in [6.45, 7) is 9.89. The van der Waals surface area contributed by atoms with Gasteiger partial charge in [0.2, 0.25) is 5.91 Å². The highest BCUT2D eigenvalue weighted by Crippen LogP contribution is 2.67. The number of carbonyl (C=O) groups excluding carboxylic acids is 1. The Balaban J connectivity index is 1.70. The van der Waals surface area contributed by atoms with Crippen LogP contribution in [0.25, 0.3) is 0 Å². The van der Waals surface area contributed by atoms with Crippen molar-refractivity contribution >= 4 is 5.91 Å². The molecule has 0 saturated heterocycles. The Morgan fingerprint density at radius 2 is 2.06 bits per heavy atom. The third-order valence-electron chi connectivity index (χ3n) is 5.02. The quantitative estimate of drug-likeness (QED) is 0.840. The van der Waals surface area contributed by atoms with Crippen molar-refractivity contribution in [3.63, 3.8) is 0 Å². The molecule has 4 heteroatoms. The highest BCUT2D eigenvalue weighted by Gasteiger charge is 2.64. The lowest BCUT2D eigenvalue weighted by Crippen LogP contribution is -2.27.